The molecule has 7 nitrogen and oxygen atoms in total. The Morgan fingerprint density at radius 2 is 1.89 bits per heavy atom. The summed E-state index contributed by atoms with van der Waals surface area (Å²) < 4.78 is 11.2. The molecule has 3 rings (SSSR count). The maximum atomic E-state index is 11.1. The van der Waals surface area contributed by atoms with Crippen molar-refractivity contribution in [2.24, 2.45) is 5.73 Å². The van der Waals surface area contributed by atoms with Crippen molar-refractivity contribution in [3.63, 3.8) is 0 Å². The minimum Gasteiger partial charge on any atom is -0.493 e. The van der Waals surface area contributed by atoms with Gasteiger partial charge in [-0.05, 0) is 54.4 Å². The maximum Gasteiger partial charge on any atom is 0.250 e. The number of pyridine rings is 2. The van der Waals surface area contributed by atoms with Gasteiger partial charge < -0.3 is 20.5 Å². The second kappa shape index (κ2) is 9.48. The summed E-state index contributed by atoms with van der Waals surface area (Å²) in [5.41, 5.74) is 7.87. The smallest absolute Gasteiger partial charge is 0.250 e. The second-order valence-corrected chi connectivity index (χ2v) is 6.12. The van der Waals surface area contributed by atoms with E-state index in [1.807, 2.05) is 30.3 Å². The lowest BCUT2D eigenvalue weighted by Crippen LogP contribution is -2.16. The molecule has 3 N–H and O–H groups in total. The number of methoxy groups -OCH3 is 1. The van der Waals surface area contributed by atoms with Crippen molar-refractivity contribution >= 4 is 5.91 Å². The normalized spacial score (nSPS) is 10.5. The zero-order valence-electron chi connectivity index (χ0n) is 15.6. The van der Waals surface area contributed by atoms with E-state index in [4.69, 9.17) is 15.2 Å². The second-order valence-electron chi connectivity index (χ2n) is 6.12. The van der Waals surface area contributed by atoms with Gasteiger partial charge in [-0.2, -0.15) is 0 Å². The summed E-state index contributed by atoms with van der Waals surface area (Å²) in [4.78, 5) is 19.2. The lowest BCUT2D eigenvalue weighted by atomic mass is 10.2. The van der Waals surface area contributed by atoms with Crippen LogP contribution in [0.25, 0.3) is 0 Å². The quantitative estimate of drug-likeness (QED) is 0.556. The van der Waals surface area contributed by atoms with Gasteiger partial charge in [0, 0.05) is 31.2 Å². The molecule has 0 atom stereocenters. The van der Waals surface area contributed by atoms with Crippen LogP contribution in [-0.4, -0.2) is 29.5 Å². The Balaban J connectivity index is 1.57. The molecule has 1 aromatic carbocycles. The van der Waals surface area contributed by atoms with Gasteiger partial charge in [0.2, 0.25) is 11.8 Å². The standard InChI is InChI=1S/C21H22N4O3/c1-27-19-12-16(13-24-11-8-15-6-9-23-10-7-15)2-4-18(19)28-20-5-3-17(14-25-20)21(22)26/h2-7,9-10,12,14,24H,8,11,13H2,1H3,(H2,22,26). The molecule has 2 aromatic heterocycles. The Kier molecular flexibility index (Phi) is 6.54. The Bertz CT molecular complexity index is 915. The highest BCUT2D eigenvalue weighted by molar-refractivity contribution is 5.92. The van der Waals surface area contributed by atoms with E-state index in [-0.39, 0.29) is 0 Å². The fraction of sp³-hybridized carbons (Fsp3) is 0.190. The molecule has 0 fully saturated rings. The summed E-state index contributed by atoms with van der Waals surface area (Å²) in [5.74, 6) is 0.973. The van der Waals surface area contributed by atoms with E-state index in [0.29, 0.717) is 29.5 Å². The summed E-state index contributed by atoms with van der Waals surface area (Å²) in [5, 5.41) is 3.41. The average Bonchev–Trinajstić information content (AvgIpc) is 2.73. The van der Waals surface area contributed by atoms with Gasteiger partial charge in [-0.3, -0.25) is 9.78 Å². The van der Waals surface area contributed by atoms with Crippen molar-refractivity contribution in [1.82, 2.24) is 15.3 Å². The van der Waals surface area contributed by atoms with E-state index in [1.165, 1.54) is 11.8 Å². The van der Waals surface area contributed by atoms with E-state index in [9.17, 15) is 4.79 Å². The lowest BCUT2D eigenvalue weighted by molar-refractivity contribution is 0.1000. The van der Waals surface area contributed by atoms with Crippen molar-refractivity contribution in [1.29, 1.82) is 0 Å². The number of aromatic nitrogens is 2. The summed E-state index contributed by atoms with van der Waals surface area (Å²) in [6, 6.07) is 12.9. The number of nitrogens with zero attached hydrogens (tertiary/aromatic N) is 2. The topological polar surface area (TPSA) is 99.4 Å². The number of carbonyl (C=O) groups is 1. The zero-order valence-corrected chi connectivity index (χ0v) is 15.6. The molecule has 1 amide bonds. The average molecular weight is 378 g/mol. The minimum atomic E-state index is -0.530. The third-order valence-corrected chi connectivity index (χ3v) is 4.13. The van der Waals surface area contributed by atoms with Gasteiger partial charge >= 0.3 is 0 Å². The molecule has 0 radical (unpaired) electrons. The highest BCUT2D eigenvalue weighted by Gasteiger charge is 2.09. The van der Waals surface area contributed by atoms with Crippen LogP contribution in [0.2, 0.25) is 0 Å². The molecule has 0 aliphatic carbocycles. The molecular weight excluding hydrogens is 356 g/mol. The molecule has 0 aliphatic heterocycles. The molecule has 0 bridgehead atoms. The van der Waals surface area contributed by atoms with Crippen LogP contribution < -0.4 is 20.5 Å². The number of benzene rings is 1. The van der Waals surface area contributed by atoms with E-state index in [0.717, 1.165) is 18.5 Å². The number of carbonyl (C=O) groups excluding carboxylic acids is 1. The molecular formula is C21H22N4O3. The predicted molar refractivity (Wildman–Crippen MR) is 105 cm³/mol. The number of amides is 1. The van der Waals surface area contributed by atoms with Crippen LogP contribution in [0.4, 0.5) is 0 Å². The van der Waals surface area contributed by atoms with Crippen molar-refractivity contribution in [3.05, 3.63) is 77.7 Å². The minimum absolute atomic E-state index is 0.326. The highest BCUT2D eigenvalue weighted by atomic mass is 16.5. The predicted octanol–water partition coefficient (Wildman–Crippen LogP) is 2.71. The fourth-order valence-electron chi connectivity index (χ4n) is 2.62. The molecule has 28 heavy (non-hydrogen) atoms. The molecule has 0 saturated heterocycles. The van der Waals surface area contributed by atoms with E-state index in [2.05, 4.69) is 15.3 Å². The Labute approximate surface area is 163 Å². The van der Waals surface area contributed by atoms with Crippen LogP contribution in [0.3, 0.4) is 0 Å². The highest BCUT2D eigenvalue weighted by Crippen LogP contribution is 2.31. The van der Waals surface area contributed by atoms with E-state index in [1.54, 1.807) is 31.6 Å². The van der Waals surface area contributed by atoms with Crippen molar-refractivity contribution < 1.29 is 14.3 Å². The van der Waals surface area contributed by atoms with Crippen molar-refractivity contribution in [2.75, 3.05) is 13.7 Å². The Morgan fingerprint density at radius 1 is 1.07 bits per heavy atom. The first-order valence-corrected chi connectivity index (χ1v) is 8.86. The molecule has 3 aromatic rings. The summed E-state index contributed by atoms with van der Waals surface area (Å²) >= 11 is 0. The van der Waals surface area contributed by atoms with Gasteiger partial charge in [0.15, 0.2) is 11.5 Å². The van der Waals surface area contributed by atoms with Crippen LogP contribution in [0.15, 0.2) is 61.1 Å². The largest absolute Gasteiger partial charge is 0.493 e. The van der Waals surface area contributed by atoms with Crippen LogP contribution >= 0.6 is 0 Å². The number of hydrogen-bond acceptors (Lipinski definition) is 6. The van der Waals surface area contributed by atoms with Crippen LogP contribution in [0, 0.1) is 0 Å². The molecule has 0 saturated carbocycles. The van der Waals surface area contributed by atoms with Crippen LogP contribution in [0.5, 0.6) is 17.4 Å². The maximum absolute atomic E-state index is 11.1. The first kappa shape index (κ1) is 19.3. The van der Waals surface area contributed by atoms with Crippen molar-refractivity contribution in [3.8, 4) is 17.4 Å². The Hall–Kier alpha value is -3.45. The fourth-order valence-corrected chi connectivity index (χ4v) is 2.62. The number of nitrogens with one attached hydrogen (secondary N) is 1. The van der Waals surface area contributed by atoms with Crippen molar-refractivity contribution in [2.45, 2.75) is 13.0 Å². The number of rotatable bonds is 9. The zero-order chi connectivity index (χ0) is 19.8. The molecule has 0 unspecified atom stereocenters. The van der Waals surface area contributed by atoms with Gasteiger partial charge in [-0.25, -0.2) is 4.98 Å². The summed E-state index contributed by atoms with van der Waals surface area (Å²) in [7, 11) is 1.59. The number of primary amides is 1. The summed E-state index contributed by atoms with van der Waals surface area (Å²) in [6.45, 7) is 1.58. The molecule has 0 spiro atoms. The molecule has 2 heterocycles. The number of hydrogen-bond donors (Lipinski definition) is 2. The van der Waals surface area contributed by atoms with Gasteiger partial charge in [-0.15, -0.1) is 0 Å². The SMILES string of the molecule is COc1cc(CNCCc2ccncc2)ccc1Oc1ccc(C(N)=O)cn1. The molecule has 7 heteroatoms. The molecule has 0 aliphatic rings. The van der Waals surface area contributed by atoms with Crippen LogP contribution in [-0.2, 0) is 13.0 Å². The first-order chi connectivity index (χ1) is 13.7. The van der Waals surface area contributed by atoms with E-state index >= 15 is 0 Å². The van der Waals surface area contributed by atoms with Gasteiger partial charge in [0.25, 0.3) is 0 Å². The Morgan fingerprint density at radius 3 is 2.57 bits per heavy atom. The monoisotopic (exact) mass is 378 g/mol. The van der Waals surface area contributed by atoms with Crippen LogP contribution in [0.1, 0.15) is 21.5 Å². The number of nitrogens with two attached hydrogens (primary N) is 1. The third-order valence-electron chi connectivity index (χ3n) is 4.13. The van der Waals surface area contributed by atoms with Gasteiger partial charge in [0.05, 0.1) is 12.7 Å². The lowest BCUT2D eigenvalue weighted by Gasteiger charge is -2.12. The molecule has 144 valence electrons. The first-order valence-electron chi connectivity index (χ1n) is 8.86. The number of ether oxygens (including phenoxy) is 2. The van der Waals surface area contributed by atoms with Gasteiger partial charge in [0.1, 0.15) is 0 Å². The third kappa shape index (κ3) is 5.28. The summed E-state index contributed by atoms with van der Waals surface area (Å²) in [6.07, 6.45) is 5.92. The van der Waals surface area contributed by atoms with Gasteiger partial charge in [-0.1, -0.05) is 6.07 Å². The van der Waals surface area contributed by atoms with E-state index < -0.39 is 5.91 Å².